The first-order valence-corrected chi connectivity index (χ1v) is 9.49. The number of alkyl halides is 6. The van der Waals surface area contributed by atoms with E-state index in [2.05, 4.69) is 40.9 Å². The van der Waals surface area contributed by atoms with Crippen LogP contribution in [0.3, 0.4) is 0 Å². The standard InChI is InChI=1S/C15H10BrF6N3O5S/c16-7-3-6(5-23-25-13-24-11(28)9(31-13)4-10(26)27)1-2-8(7)29-14(18,19)12(17)30-15(20,21)22/h1-3,5,9,12H,4H2,(H,26,27)(H,24,25,28). The molecule has 2 N–H and O–H groups in total. The Balaban J connectivity index is 2.03. The fourth-order valence-electron chi connectivity index (χ4n) is 1.95. The van der Waals surface area contributed by atoms with Crippen molar-refractivity contribution in [3.63, 3.8) is 0 Å². The van der Waals surface area contributed by atoms with Gasteiger partial charge in [0.15, 0.2) is 5.17 Å². The lowest BCUT2D eigenvalue weighted by Crippen LogP contribution is -2.41. The molecular weight excluding hydrogens is 528 g/mol. The number of nitrogens with zero attached hydrogens (tertiary/aromatic N) is 2. The highest BCUT2D eigenvalue weighted by molar-refractivity contribution is 9.10. The maximum absolute atomic E-state index is 13.5. The summed E-state index contributed by atoms with van der Waals surface area (Å²) in [6.07, 6.45) is -14.0. The van der Waals surface area contributed by atoms with Crippen molar-refractivity contribution < 1.29 is 50.5 Å². The number of hydrogen-bond acceptors (Lipinski definition) is 7. The van der Waals surface area contributed by atoms with Gasteiger partial charge in [0.25, 0.3) is 0 Å². The molecule has 1 heterocycles. The predicted octanol–water partition coefficient (Wildman–Crippen LogP) is 3.65. The number of nitrogens with one attached hydrogen (secondary N) is 1. The minimum atomic E-state index is -5.63. The highest BCUT2D eigenvalue weighted by atomic mass is 79.9. The van der Waals surface area contributed by atoms with Crippen LogP contribution in [0, 0.1) is 0 Å². The lowest BCUT2D eigenvalue weighted by Gasteiger charge is -2.22. The summed E-state index contributed by atoms with van der Waals surface area (Å²) in [5, 5.41) is 17.5. The highest BCUT2D eigenvalue weighted by Gasteiger charge is 2.50. The molecule has 0 aliphatic carbocycles. The SMILES string of the molecule is O=C(O)CC1SC(=NN=Cc2ccc(OC(F)(F)C(F)OC(F)(F)F)c(Br)c2)NC1=O. The number of carboxylic acids is 1. The van der Waals surface area contributed by atoms with Gasteiger partial charge in [-0.2, -0.15) is 13.9 Å². The van der Waals surface area contributed by atoms with Gasteiger partial charge in [0.2, 0.25) is 5.91 Å². The van der Waals surface area contributed by atoms with Crippen molar-refractivity contribution >= 4 is 51.0 Å². The van der Waals surface area contributed by atoms with E-state index in [9.17, 15) is 35.9 Å². The first-order valence-electron chi connectivity index (χ1n) is 7.82. The molecule has 1 saturated heterocycles. The Labute approximate surface area is 181 Å². The molecule has 170 valence electrons. The zero-order chi connectivity index (χ0) is 23.4. The van der Waals surface area contributed by atoms with Crippen LogP contribution in [0.15, 0.2) is 32.9 Å². The number of thioether (sulfide) groups is 1. The van der Waals surface area contributed by atoms with E-state index in [1.165, 1.54) is 6.07 Å². The number of aliphatic carboxylic acids is 1. The summed E-state index contributed by atoms with van der Waals surface area (Å²) in [4.78, 5) is 22.2. The molecule has 2 unspecified atom stereocenters. The zero-order valence-corrected chi connectivity index (χ0v) is 17.1. The van der Waals surface area contributed by atoms with Crippen LogP contribution in [0.4, 0.5) is 26.3 Å². The molecule has 1 aromatic rings. The molecule has 31 heavy (non-hydrogen) atoms. The van der Waals surface area contributed by atoms with Crippen LogP contribution in [0.5, 0.6) is 5.75 Å². The van der Waals surface area contributed by atoms with Gasteiger partial charge in [0.1, 0.15) is 11.0 Å². The number of carbonyl (C=O) groups excluding carboxylic acids is 1. The molecule has 2 rings (SSSR count). The second kappa shape index (κ2) is 9.86. The second-order valence-electron chi connectivity index (χ2n) is 5.58. The highest BCUT2D eigenvalue weighted by Crippen LogP contribution is 2.35. The van der Waals surface area contributed by atoms with E-state index in [4.69, 9.17) is 5.11 Å². The molecular formula is C15H10BrF6N3O5S. The molecule has 0 radical (unpaired) electrons. The molecule has 0 aromatic heterocycles. The first kappa shape index (κ1) is 24.9. The fourth-order valence-corrected chi connectivity index (χ4v) is 3.34. The van der Waals surface area contributed by atoms with E-state index in [-0.39, 0.29) is 15.2 Å². The predicted molar refractivity (Wildman–Crippen MR) is 98.6 cm³/mol. The van der Waals surface area contributed by atoms with Gasteiger partial charge in [0.05, 0.1) is 17.1 Å². The molecule has 2 atom stereocenters. The molecule has 0 saturated carbocycles. The van der Waals surface area contributed by atoms with Crippen molar-refractivity contribution in [3.05, 3.63) is 28.2 Å². The van der Waals surface area contributed by atoms with E-state index in [1.807, 2.05) is 0 Å². The van der Waals surface area contributed by atoms with Gasteiger partial charge >= 0.3 is 24.8 Å². The van der Waals surface area contributed by atoms with Crippen LogP contribution >= 0.6 is 27.7 Å². The largest absolute Gasteiger partial charge is 0.525 e. The summed E-state index contributed by atoms with van der Waals surface area (Å²) in [6.45, 7) is 0. The second-order valence-corrected chi connectivity index (χ2v) is 7.62. The molecule has 1 aromatic carbocycles. The third-order valence-corrected chi connectivity index (χ3v) is 4.89. The summed E-state index contributed by atoms with van der Waals surface area (Å²) >= 11 is 3.70. The molecule has 1 amide bonds. The van der Waals surface area contributed by atoms with Crippen LogP contribution in [0.1, 0.15) is 12.0 Å². The molecule has 0 spiro atoms. The number of hydrogen-bond donors (Lipinski definition) is 2. The maximum Gasteiger partial charge on any atom is 0.525 e. The number of benzene rings is 1. The van der Waals surface area contributed by atoms with Crippen LogP contribution in [0.2, 0.25) is 0 Å². The van der Waals surface area contributed by atoms with Gasteiger partial charge in [-0.1, -0.05) is 11.8 Å². The zero-order valence-electron chi connectivity index (χ0n) is 14.7. The topological polar surface area (TPSA) is 110 Å². The average Bonchev–Trinajstić information content (AvgIpc) is 2.94. The number of carbonyl (C=O) groups is 2. The summed E-state index contributed by atoms with van der Waals surface area (Å²) < 4.78 is 82.2. The third-order valence-electron chi connectivity index (χ3n) is 3.20. The van der Waals surface area contributed by atoms with Crippen LogP contribution < -0.4 is 10.1 Å². The lowest BCUT2D eigenvalue weighted by molar-refractivity contribution is -0.411. The molecule has 1 aliphatic heterocycles. The van der Waals surface area contributed by atoms with Crippen LogP contribution in [-0.4, -0.2) is 52.4 Å². The van der Waals surface area contributed by atoms with E-state index < -0.39 is 48.1 Å². The summed E-state index contributed by atoms with van der Waals surface area (Å²) in [5.41, 5.74) is 0.256. The Hall–Kier alpha value is -2.33. The van der Waals surface area contributed by atoms with E-state index in [1.54, 1.807) is 0 Å². The van der Waals surface area contributed by atoms with Crippen molar-refractivity contribution in [3.8, 4) is 5.75 Å². The van der Waals surface area contributed by atoms with Gasteiger partial charge in [0, 0.05) is 0 Å². The normalized spacial score (nSPS) is 19.6. The molecule has 8 nitrogen and oxygen atoms in total. The minimum Gasteiger partial charge on any atom is -0.481 e. The molecule has 16 heteroatoms. The van der Waals surface area contributed by atoms with Crippen LogP contribution in [0.25, 0.3) is 0 Å². The molecule has 1 fully saturated rings. The van der Waals surface area contributed by atoms with Gasteiger partial charge in [-0.25, -0.2) is 9.13 Å². The van der Waals surface area contributed by atoms with Crippen molar-refractivity contribution in [2.45, 2.75) is 30.5 Å². The quantitative estimate of drug-likeness (QED) is 0.297. The van der Waals surface area contributed by atoms with Crippen LogP contribution in [-0.2, 0) is 14.3 Å². The van der Waals surface area contributed by atoms with Gasteiger partial charge in [-0.05, 0) is 39.7 Å². The molecule has 1 aliphatic rings. The average molecular weight is 538 g/mol. The number of ether oxygens (including phenoxy) is 2. The summed E-state index contributed by atoms with van der Waals surface area (Å²) in [6, 6.07) is 3.23. The Kier molecular flexibility index (Phi) is 7.93. The third kappa shape index (κ3) is 7.70. The number of amidine groups is 1. The Bertz CT molecular complexity index is 914. The van der Waals surface area contributed by atoms with Crippen molar-refractivity contribution in [2.24, 2.45) is 10.2 Å². The Morgan fingerprint density at radius 1 is 1.35 bits per heavy atom. The van der Waals surface area contributed by atoms with Gasteiger partial charge in [-0.3, -0.25) is 9.59 Å². The first-order chi connectivity index (χ1) is 14.3. The van der Waals surface area contributed by atoms with Crippen molar-refractivity contribution in [1.29, 1.82) is 0 Å². The van der Waals surface area contributed by atoms with Gasteiger partial charge < -0.3 is 15.2 Å². The summed E-state index contributed by atoms with van der Waals surface area (Å²) in [7, 11) is 0. The minimum absolute atomic E-state index is 0.0461. The van der Waals surface area contributed by atoms with E-state index in [0.717, 1.165) is 30.1 Å². The smallest absolute Gasteiger partial charge is 0.481 e. The monoisotopic (exact) mass is 537 g/mol. The van der Waals surface area contributed by atoms with Crippen molar-refractivity contribution in [2.75, 3.05) is 0 Å². The number of rotatable bonds is 8. The summed E-state index contributed by atoms with van der Waals surface area (Å²) in [5.74, 6) is -2.40. The Morgan fingerprint density at radius 2 is 2.03 bits per heavy atom. The number of carboxylic acid groups (broad SMARTS) is 1. The fraction of sp³-hybridized carbons (Fsp3) is 0.333. The lowest BCUT2D eigenvalue weighted by atomic mass is 10.2. The van der Waals surface area contributed by atoms with Gasteiger partial charge in [-0.15, -0.1) is 18.3 Å². The van der Waals surface area contributed by atoms with E-state index in [0.29, 0.717) is 0 Å². The maximum atomic E-state index is 13.5. The Morgan fingerprint density at radius 3 is 2.61 bits per heavy atom. The molecule has 0 bridgehead atoms. The van der Waals surface area contributed by atoms with E-state index >= 15 is 0 Å². The number of halogens is 7. The number of amides is 1. The van der Waals surface area contributed by atoms with Crippen molar-refractivity contribution in [1.82, 2.24) is 5.32 Å².